The maximum Gasteiger partial charge on any atom is 0.0994 e. The Kier molecular flexibility index (Phi) is 2.74. The predicted octanol–water partition coefficient (Wildman–Crippen LogP) is 4.76. The molecule has 4 bridgehead atoms. The van der Waals surface area contributed by atoms with Gasteiger partial charge in [-0.3, -0.25) is 0 Å². The Hall–Kier alpha value is -0.500. The van der Waals surface area contributed by atoms with Crippen LogP contribution >= 0.6 is 11.8 Å². The monoisotopic (exact) mass is 273 g/mol. The molecular weight excluding hydrogens is 250 g/mol. The van der Waals surface area contributed by atoms with Gasteiger partial charge in [-0.05, 0) is 81.3 Å². The highest BCUT2D eigenvalue weighted by Crippen LogP contribution is 2.61. The quantitative estimate of drug-likeness (QED) is 0.770. The van der Waals surface area contributed by atoms with E-state index in [1.807, 2.05) is 6.20 Å². The molecule has 2 heteroatoms. The maximum atomic E-state index is 4.72. The van der Waals surface area contributed by atoms with Gasteiger partial charge in [-0.15, -0.1) is 0 Å². The molecule has 0 spiro atoms. The van der Waals surface area contributed by atoms with Crippen LogP contribution in [0.5, 0.6) is 0 Å². The number of pyridine rings is 1. The maximum absolute atomic E-state index is 4.72. The lowest BCUT2D eigenvalue weighted by Gasteiger charge is -2.56. The van der Waals surface area contributed by atoms with Gasteiger partial charge in [0.2, 0.25) is 0 Å². The molecule has 1 heterocycles. The Labute approximate surface area is 120 Å². The minimum Gasteiger partial charge on any atom is -0.249 e. The molecule has 0 atom stereocenters. The van der Waals surface area contributed by atoms with Gasteiger partial charge in [-0.1, -0.05) is 17.8 Å². The van der Waals surface area contributed by atoms with Crippen molar-refractivity contribution in [3.8, 4) is 0 Å². The number of thioether (sulfide) groups is 1. The molecule has 4 aliphatic rings. The van der Waals surface area contributed by atoms with Gasteiger partial charge in [0.15, 0.2) is 0 Å². The molecular formula is C17H23NS. The normalized spacial score (nSPS) is 39.8. The van der Waals surface area contributed by atoms with Gasteiger partial charge in [-0.25, -0.2) is 4.98 Å². The number of aryl methyl sites for hydroxylation is 2. The van der Waals surface area contributed by atoms with E-state index < -0.39 is 0 Å². The summed E-state index contributed by atoms with van der Waals surface area (Å²) in [6, 6.07) is 2.29. The fourth-order valence-corrected chi connectivity index (χ4v) is 6.86. The zero-order valence-corrected chi connectivity index (χ0v) is 12.8. The van der Waals surface area contributed by atoms with Crippen LogP contribution in [0.25, 0.3) is 0 Å². The van der Waals surface area contributed by atoms with Crippen molar-refractivity contribution in [1.29, 1.82) is 0 Å². The Bertz CT molecular complexity index is 473. The summed E-state index contributed by atoms with van der Waals surface area (Å²) >= 11 is 2.13. The second-order valence-corrected chi connectivity index (χ2v) is 8.79. The van der Waals surface area contributed by atoms with Crippen molar-refractivity contribution in [2.24, 2.45) is 17.8 Å². The van der Waals surface area contributed by atoms with E-state index in [4.69, 9.17) is 4.98 Å². The van der Waals surface area contributed by atoms with Gasteiger partial charge in [0.25, 0.3) is 0 Å². The summed E-state index contributed by atoms with van der Waals surface area (Å²) in [5.74, 6) is 3.10. The Morgan fingerprint density at radius 2 is 1.63 bits per heavy atom. The van der Waals surface area contributed by atoms with Crippen LogP contribution in [0, 0.1) is 31.6 Å². The third-order valence-corrected chi connectivity index (χ3v) is 7.02. The third-order valence-electron chi connectivity index (χ3n) is 5.46. The molecule has 4 fully saturated rings. The van der Waals surface area contributed by atoms with Gasteiger partial charge in [0, 0.05) is 10.9 Å². The molecule has 1 aromatic rings. The largest absolute Gasteiger partial charge is 0.249 e. The molecule has 0 radical (unpaired) electrons. The lowest BCUT2D eigenvalue weighted by molar-refractivity contribution is 0.0383. The number of hydrogen-bond acceptors (Lipinski definition) is 2. The van der Waals surface area contributed by atoms with Crippen molar-refractivity contribution in [2.75, 3.05) is 0 Å². The molecule has 0 unspecified atom stereocenters. The van der Waals surface area contributed by atoms with Crippen LogP contribution in [0.3, 0.4) is 0 Å². The van der Waals surface area contributed by atoms with Crippen LogP contribution < -0.4 is 0 Å². The van der Waals surface area contributed by atoms with Crippen molar-refractivity contribution in [2.45, 2.75) is 62.1 Å². The van der Waals surface area contributed by atoms with Crippen molar-refractivity contribution < 1.29 is 0 Å². The summed E-state index contributed by atoms with van der Waals surface area (Å²) in [7, 11) is 0. The van der Waals surface area contributed by atoms with E-state index in [2.05, 4.69) is 31.7 Å². The van der Waals surface area contributed by atoms with E-state index in [1.54, 1.807) is 0 Å². The number of aromatic nitrogens is 1. The first kappa shape index (κ1) is 12.3. The van der Waals surface area contributed by atoms with Gasteiger partial charge < -0.3 is 0 Å². The minimum absolute atomic E-state index is 0.543. The summed E-state index contributed by atoms with van der Waals surface area (Å²) in [5, 5.41) is 1.30. The second kappa shape index (κ2) is 4.25. The van der Waals surface area contributed by atoms with E-state index in [1.165, 1.54) is 54.7 Å². The molecule has 4 aliphatic carbocycles. The highest BCUT2D eigenvalue weighted by molar-refractivity contribution is 8.00. The number of rotatable bonds is 2. The van der Waals surface area contributed by atoms with E-state index in [0.29, 0.717) is 4.75 Å². The number of hydrogen-bond donors (Lipinski definition) is 0. The summed E-state index contributed by atoms with van der Waals surface area (Å²) in [6.07, 6.45) is 11.0. The van der Waals surface area contributed by atoms with Gasteiger partial charge in [0.1, 0.15) is 0 Å². The van der Waals surface area contributed by atoms with E-state index in [9.17, 15) is 0 Å². The van der Waals surface area contributed by atoms with Gasteiger partial charge >= 0.3 is 0 Å². The summed E-state index contributed by atoms with van der Waals surface area (Å²) in [5.41, 5.74) is 2.66. The predicted molar refractivity (Wildman–Crippen MR) is 80.5 cm³/mol. The SMILES string of the molecule is Cc1cnc(SC23CC4CC(CC(C4)C2)C3)c(C)c1. The van der Waals surface area contributed by atoms with Crippen LogP contribution in [-0.2, 0) is 0 Å². The van der Waals surface area contributed by atoms with Crippen molar-refractivity contribution in [3.63, 3.8) is 0 Å². The minimum atomic E-state index is 0.543. The second-order valence-electron chi connectivity index (χ2n) is 7.34. The smallest absolute Gasteiger partial charge is 0.0994 e. The van der Waals surface area contributed by atoms with Crippen molar-refractivity contribution in [3.05, 3.63) is 23.4 Å². The lowest BCUT2D eigenvalue weighted by Crippen LogP contribution is -2.48. The first-order valence-corrected chi connectivity index (χ1v) is 8.56. The molecule has 5 rings (SSSR count). The van der Waals surface area contributed by atoms with Crippen molar-refractivity contribution in [1.82, 2.24) is 4.98 Å². The fourth-order valence-electron chi connectivity index (χ4n) is 5.17. The third kappa shape index (κ3) is 2.12. The van der Waals surface area contributed by atoms with Crippen LogP contribution in [-0.4, -0.2) is 9.73 Å². The van der Waals surface area contributed by atoms with Crippen molar-refractivity contribution >= 4 is 11.8 Å². The standard InChI is InChI=1S/C17H23NS/c1-11-3-12(2)16(18-10-11)19-17-7-13-4-14(8-17)6-15(5-13)9-17/h3,10,13-15H,4-9H2,1-2H3. The van der Waals surface area contributed by atoms with Gasteiger partial charge in [-0.2, -0.15) is 0 Å². The van der Waals surface area contributed by atoms with E-state index in [-0.39, 0.29) is 0 Å². The molecule has 0 amide bonds. The average Bonchev–Trinajstić information content (AvgIpc) is 2.31. The van der Waals surface area contributed by atoms with E-state index in [0.717, 1.165) is 17.8 Å². The first-order valence-electron chi connectivity index (χ1n) is 7.74. The first-order chi connectivity index (χ1) is 9.12. The topological polar surface area (TPSA) is 12.9 Å². The van der Waals surface area contributed by atoms with Crippen LogP contribution in [0.15, 0.2) is 17.3 Å². The Morgan fingerprint density at radius 1 is 1.05 bits per heavy atom. The zero-order valence-electron chi connectivity index (χ0n) is 12.0. The lowest BCUT2D eigenvalue weighted by atomic mass is 9.56. The molecule has 19 heavy (non-hydrogen) atoms. The molecule has 0 saturated heterocycles. The highest BCUT2D eigenvalue weighted by Gasteiger charge is 2.51. The number of nitrogens with zero attached hydrogens (tertiary/aromatic N) is 1. The average molecular weight is 273 g/mol. The van der Waals surface area contributed by atoms with E-state index >= 15 is 0 Å². The van der Waals surface area contributed by atoms with Crippen LogP contribution in [0.4, 0.5) is 0 Å². The Balaban J connectivity index is 1.62. The molecule has 102 valence electrons. The molecule has 1 aromatic heterocycles. The molecule has 0 aliphatic heterocycles. The molecule has 4 saturated carbocycles. The molecule has 1 nitrogen and oxygen atoms in total. The fraction of sp³-hybridized carbons (Fsp3) is 0.706. The summed E-state index contributed by atoms with van der Waals surface area (Å²) in [4.78, 5) is 4.72. The highest BCUT2D eigenvalue weighted by atomic mass is 32.2. The Morgan fingerprint density at radius 3 is 2.16 bits per heavy atom. The summed E-state index contributed by atoms with van der Waals surface area (Å²) < 4.78 is 0.543. The van der Waals surface area contributed by atoms with Crippen LogP contribution in [0.2, 0.25) is 0 Å². The summed E-state index contributed by atoms with van der Waals surface area (Å²) in [6.45, 7) is 4.36. The molecule has 0 N–H and O–H groups in total. The van der Waals surface area contributed by atoms with Crippen LogP contribution in [0.1, 0.15) is 49.7 Å². The molecule has 0 aromatic carbocycles. The zero-order chi connectivity index (χ0) is 13.0. The van der Waals surface area contributed by atoms with Gasteiger partial charge in [0.05, 0.1) is 5.03 Å².